The number of H-pyrrole nitrogens is 1. The van der Waals surface area contributed by atoms with E-state index in [0.717, 1.165) is 18.7 Å². The molecule has 0 aliphatic carbocycles. The van der Waals surface area contributed by atoms with Gasteiger partial charge in [0.1, 0.15) is 11.4 Å². The summed E-state index contributed by atoms with van der Waals surface area (Å²) >= 11 is 0. The Hall–Kier alpha value is -3.59. The Morgan fingerprint density at radius 2 is 1.94 bits per heavy atom. The lowest BCUT2D eigenvalue weighted by atomic mass is 9.83. The summed E-state index contributed by atoms with van der Waals surface area (Å²) in [4.78, 5) is 42.9. The summed E-state index contributed by atoms with van der Waals surface area (Å²) in [5, 5.41) is 3.54. The molecule has 0 radical (unpaired) electrons. The average molecular weight is 450 g/mol. The molecule has 1 fully saturated rings. The number of nitrogens with one attached hydrogen (secondary N) is 2. The van der Waals surface area contributed by atoms with Crippen molar-refractivity contribution in [1.82, 2.24) is 14.5 Å². The van der Waals surface area contributed by atoms with Crippen molar-refractivity contribution >= 4 is 28.5 Å². The first-order valence-electron chi connectivity index (χ1n) is 11.0. The molecule has 2 aliphatic rings. The number of hydrogen-bond acceptors (Lipinski definition) is 6. The van der Waals surface area contributed by atoms with E-state index in [-0.39, 0.29) is 29.6 Å². The summed E-state index contributed by atoms with van der Waals surface area (Å²) in [5.41, 5.74) is 2.28. The second kappa shape index (κ2) is 8.40. The molecule has 1 amide bonds. The molecule has 2 aliphatic heterocycles. The number of pyridine rings is 1. The number of fused-ring (bicyclic) bond motifs is 5. The number of carbonyl (C=O) groups is 2. The Kier molecular flexibility index (Phi) is 5.41. The number of esters is 1. The predicted molar refractivity (Wildman–Crippen MR) is 123 cm³/mol. The number of benzene rings is 1. The third-order valence-electron chi connectivity index (χ3n) is 6.58. The molecule has 2 N–H and O–H groups in total. The number of anilines is 1. The van der Waals surface area contributed by atoms with Crippen LogP contribution in [0.3, 0.4) is 0 Å². The molecule has 33 heavy (non-hydrogen) atoms. The van der Waals surface area contributed by atoms with Gasteiger partial charge in [0, 0.05) is 37.3 Å². The molecule has 3 aromatic rings. The van der Waals surface area contributed by atoms with E-state index in [9.17, 15) is 14.4 Å². The summed E-state index contributed by atoms with van der Waals surface area (Å²) in [6, 6.07) is 10.8. The molecule has 172 valence electrons. The number of nitrogens with zero attached hydrogens (tertiary/aromatic N) is 2. The van der Waals surface area contributed by atoms with E-state index in [1.807, 2.05) is 16.7 Å². The summed E-state index contributed by atoms with van der Waals surface area (Å²) in [5.74, 6) is 0.292. The number of methoxy groups -OCH3 is 2. The van der Waals surface area contributed by atoms with Gasteiger partial charge in [0.25, 0.3) is 5.56 Å². The first-order chi connectivity index (χ1) is 16.0. The van der Waals surface area contributed by atoms with Gasteiger partial charge in [-0.3, -0.25) is 14.5 Å². The van der Waals surface area contributed by atoms with E-state index in [2.05, 4.69) is 15.2 Å². The molecule has 5 rings (SSSR count). The molecule has 2 aromatic heterocycles. The zero-order valence-corrected chi connectivity index (χ0v) is 18.6. The van der Waals surface area contributed by atoms with Crippen molar-refractivity contribution in [2.24, 2.45) is 5.92 Å². The quantitative estimate of drug-likeness (QED) is 0.578. The largest absolute Gasteiger partial charge is 0.496 e. The van der Waals surface area contributed by atoms with Crippen LogP contribution in [0.5, 0.6) is 5.75 Å². The van der Waals surface area contributed by atoms with Crippen LogP contribution in [-0.2, 0) is 16.1 Å². The first kappa shape index (κ1) is 21.3. The summed E-state index contributed by atoms with van der Waals surface area (Å²) < 4.78 is 12.2. The van der Waals surface area contributed by atoms with Gasteiger partial charge in [0.2, 0.25) is 5.91 Å². The van der Waals surface area contributed by atoms with Crippen LogP contribution < -0.4 is 15.6 Å². The van der Waals surface area contributed by atoms with Gasteiger partial charge in [0.15, 0.2) is 0 Å². The van der Waals surface area contributed by atoms with E-state index < -0.39 is 5.97 Å². The third-order valence-corrected chi connectivity index (χ3v) is 6.58. The highest BCUT2D eigenvalue weighted by atomic mass is 16.5. The molecule has 2 bridgehead atoms. The second-order valence-corrected chi connectivity index (χ2v) is 8.69. The monoisotopic (exact) mass is 450 g/mol. The minimum absolute atomic E-state index is 0.0389. The molecule has 2 atom stereocenters. The van der Waals surface area contributed by atoms with Crippen LogP contribution in [0.15, 0.2) is 41.2 Å². The van der Waals surface area contributed by atoms with Gasteiger partial charge in [-0.1, -0.05) is 12.1 Å². The highest BCUT2D eigenvalue weighted by Gasteiger charge is 2.35. The van der Waals surface area contributed by atoms with Gasteiger partial charge < -0.3 is 24.3 Å². The van der Waals surface area contributed by atoms with E-state index in [4.69, 9.17) is 9.47 Å². The predicted octanol–water partition coefficient (Wildman–Crippen LogP) is 2.18. The van der Waals surface area contributed by atoms with Gasteiger partial charge in [-0.25, -0.2) is 4.79 Å². The molecule has 9 nitrogen and oxygen atoms in total. The molecular formula is C24H26N4O5. The molecular weight excluding hydrogens is 424 g/mol. The lowest BCUT2D eigenvalue weighted by molar-refractivity contribution is -0.117. The highest BCUT2D eigenvalue weighted by Crippen LogP contribution is 2.37. The number of hydrogen-bond donors (Lipinski definition) is 2. The third kappa shape index (κ3) is 3.78. The molecule has 0 saturated carbocycles. The fraction of sp³-hybridized carbons (Fsp3) is 0.375. The van der Waals surface area contributed by atoms with E-state index in [1.165, 1.54) is 7.11 Å². The maximum atomic E-state index is 13.1. The van der Waals surface area contributed by atoms with Gasteiger partial charge in [-0.15, -0.1) is 0 Å². The lowest BCUT2D eigenvalue weighted by Gasteiger charge is -2.42. The minimum atomic E-state index is -0.571. The number of carbonyl (C=O) groups excluding carboxylic acids is 2. The number of piperidine rings is 1. The van der Waals surface area contributed by atoms with E-state index >= 15 is 0 Å². The normalized spacial score (nSPS) is 19.7. The van der Waals surface area contributed by atoms with Crippen molar-refractivity contribution in [2.75, 3.05) is 39.2 Å². The van der Waals surface area contributed by atoms with Crippen LogP contribution in [0.1, 0.15) is 28.5 Å². The van der Waals surface area contributed by atoms with Gasteiger partial charge in [-0.2, -0.15) is 0 Å². The number of aromatic nitrogens is 2. The molecule has 0 spiro atoms. The zero-order valence-electron chi connectivity index (χ0n) is 18.6. The Balaban J connectivity index is 1.38. The van der Waals surface area contributed by atoms with E-state index in [1.54, 1.807) is 31.4 Å². The van der Waals surface area contributed by atoms with Gasteiger partial charge in [0.05, 0.1) is 37.4 Å². The SMILES string of the molecule is COC(=O)c1[nH]c2cccc(OC)c2c1NC(=O)CN1C[C@H]2C[C@@H](C1)c1cccc(=O)n1C2. The number of rotatable bonds is 5. The van der Waals surface area contributed by atoms with Crippen molar-refractivity contribution in [3.05, 3.63) is 58.1 Å². The Morgan fingerprint density at radius 3 is 2.73 bits per heavy atom. The minimum Gasteiger partial charge on any atom is -0.496 e. The van der Waals surface area contributed by atoms with Crippen molar-refractivity contribution in [1.29, 1.82) is 0 Å². The highest BCUT2D eigenvalue weighted by molar-refractivity contribution is 6.13. The fourth-order valence-electron chi connectivity index (χ4n) is 5.27. The topological polar surface area (TPSA) is 106 Å². The van der Waals surface area contributed by atoms with Crippen LogP contribution in [0.2, 0.25) is 0 Å². The van der Waals surface area contributed by atoms with Gasteiger partial charge >= 0.3 is 5.97 Å². The van der Waals surface area contributed by atoms with Crippen molar-refractivity contribution in [3.63, 3.8) is 0 Å². The van der Waals surface area contributed by atoms with Crippen LogP contribution in [-0.4, -0.2) is 60.2 Å². The van der Waals surface area contributed by atoms with E-state index in [0.29, 0.717) is 41.3 Å². The number of likely N-dealkylation sites (tertiary alicyclic amines) is 1. The Bertz CT molecular complexity index is 1290. The van der Waals surface area contributed by atoms with Crippen LogP contribution in [0.4, 0.5) is 5.69 Å². The van der Waals surface area contributed by atoms with Crippen LogP contribution in [0, 0.1) is 5.92 Å². The number of aromatic amines is 1. The van der Waals surface area contributed by atoms with Crippen LogP contribution >= 0.6 is 0 Å². The Morgan fingerprint density at radius 1 is 1.12 bits per heavy atom. The van der Waals surface area contributed by atoms with Crippen molar-refractivity contribution in [3.8, 4) is 5.75 Å². The lowest BCUT2D eigenvalue weighted by Crippen LogP contribution is -2.49. The maximum Gasteiger partial charge on any atom is 0.356 e. The molecule has 1 aromatic carbocycles. The van der Waals surface area contributed by atoms with Crippen molar-refractivity contribution in [2.45, 2.75) is 18.9 Å². The van der Waals surface area contributed by atoms with Crippen LogP contribution in [0.25, 0.3) is 10.9 Å². The zero-order chi connectivity index (χ0) is 23.1. The van der Waals surface area contributed by atoms with Crippen molar-refractivity contribution < 1.29 is 19.1 Å². The smallest absolute Gasteiger partial charge is 0.356 e. The average Bonchev–Trinajstić information content (AvgIpc) is 3.17. The Labute approximate surface area is 190 Å². The standard InChI is InChI=1S/C24H26N4O5/c1-32-18-7-3-5-16-21(18)22(23(25-16)24(31)33-2)26-19(29)13-27-10-14-9-15(12-27)17-6-4-8-20(30)28(17)11-14/h3-8,14-15,25H,9-13H2,1-2H3,(H,26,29)/t14-,15+/m1/s1. The van der Waals surface area contributed by atoms with Gasteiger partial charge in [-0.05, 0) is 30.5 Å². The first-order valence-corrected chi connectivity index (χ1v) is 11.0. The maximum absolute atomic E-state index is 13.1. The summed E-state index contributed by atoms with van der Waals surface area (Å²) in [6.45, 7) is 2.31. The second-order valence-electron chi connectivity index (χ2n) is 8.69. The molecule has 4 heterocycles. The molecule has 9 heteroatoms. The number of ether oxygens (including phenoxy) is 2. The molecule has 1 saturated heterocycles. The fourth-order valence-corrected chi connectivity index (χ4v) is 5.27. The summed E-state index contributed by atoms with van der Waals surface area (Å²) in [7, 11) is 2.84. The molecule has 0 unspecified atom stereocenters. The number of amides is 1. The summed E-state index contributed by atoms with van der Waals surface area (Å²) in [6.07, 6.45) is 1.02.